The number of aromatic nitrogens is 2. The van der Waals surface area contributed by atoms with Crippen LogP contribution in [0.3, 0.4) is 0 Å². The average molecular weight is 264 g/mol. The van der Waals surface area contributed by atoms with E-state index in [1.807, 2.05) is 13.1 Å². The smallest absolute Gasteiger partial charge is 0.219 e. The lowest BCUT2D eigenvalue weighted by Gasteiger charge is -2.29. The third-order valence-electron chi connectivity index (χ3n) is 3.45. The Hall–Kier alpha value is -1.36. The third-order valence-corrected chi connectivity index (χ3v) is 3.45. The van der Waals surface area contributed by atoms with Crippen LogP contribution in [0.5, 0.6) is 5.88 Å². The minimum Gasteiger partial charge on any atom is -0.474 e. The van der Waals surface area contributed by atoms with Crippen molar-refractivity contribution in [3.05, 3.63) is 11.9 Å². The van der Waals surface area contributed by atoms with Gasteiger partial charge in [-0.2, -0.15) is 4.98 Å². The monoisotopic (exact) mass is 264 g/mol. The first kappa shape index (κ1) is 14.1. The van der Waals surface area contributed by atoms with E-state index in [1.54, 1.807) is 0 Å². The molecule has 0 spiro atoms. The molecule has 0 radical (unpaired) electrons. The second-order valence-corrected chi connectivity index (χ2v) is 5.47. The Kier molecular flexibility index (Phi) is 4.58. The van der Waals surface area contributed by atoms with Crippen molar-refractivity contribution in [2.45, 2.75) is 38.7 Å². The van der Waals surface area contributed by atoms with Gasteiger partial charge in [0.2, 0.25) is 5.88 Å². The van der Waals surface area contributed by atoms with Gasteiger partial charge in [0, 0.05) is 32.1 Å². The molecule has 1 fully saturated rings. The molecule has 1 aliphatic heterocycles. The van der Waals surface area contributed by atoms with Gasteiger partial charge in [0.15, 0.2) is 0 Å². The van der Waals surface area contributed by atoms with Crippen LogP contribution in [0.1, 0.15) is 38.4 Å². The summed E-state index contributed by atoms with van der Waals surface area (Å²) in [6.45, 7) is 6.36. The van der Waals surface area contributed by atoms with Gasteiger partial charge in [0.1, 0.15) is 17.7 Å². The predicted octanol–water partition coefficient (Wildman–Crippen LogP) is 2.11. The normalized spacial score (nSPS) is 17.7. The van der Waals surface area contributed by atoms with Crippen molar-refractivity contribution in [2.24, 2.45) is 0 Å². The van der Waals surface area contributed by atoms with Crippen LogP contribution in [0.25, 0.3) is 0 Å². The molecule has 0 bridgehead atoms. The molecule has 5 heteroatoms. The summed E-state index contributed by atoms with van der Waals surface area (Å²) in [5.41, 5.74) is 0. The van der Waals surface area contributed by atoms with Gasteiger partial charge in [-0.1, -0.05) is 13.8 Å². The molecule has 0 atom stereocenters. The molecule has 1 aliphatic rings. The van der Waals surface area contributed by atoms with Crippen LogP contribution in [-0.4, -0.2) is 48.2 Å². The first-order valence-electron chi connectivity index (χ1n) is 7.00. The van der Waals surface area contributed by atoms with Crippen LogP contribution in [0.4, 0.5) is 5.82 Å². The fraction of sp³-hybridized carbons (Fsp3) is 0.714. The third kappa shape index (κ3) is 3.80. The Bertz CT molecular complexity index is 414. The summed E-state index contributed by atoms with van der Waals surface area (Å²) in [5.74, 6) is 2.64. The molecule has 2 heterocycles. The van der Waals surface area contributed by atoms with Crippen molar-refractivity contribution in [3.8, 4) is 5.88 Å². The molecule has 1 aromatic heterocycles. The summed E-state index contributed by atoms with van der Waals surface area (Å²) in [5, 5.41) is 3.07. The predicted molar refractivity (Wildman–Crippen MR) is 76.8 cm³/mol. The fourth-order valence-electron chi connectivity index (χ4n) is 2.16. The van der Waals surface area contributed by atoms with E-state index in [0.717, 1.165) is 37.6 Å². The molecular formula is C14H24N4O. The van der Waals surface area contributed by atoms with Crippen LogP contribution < -0.4 is 10.1 Å². The lowest BCUT2D eigenvalue weighted by molar-refractivity contribution is 0.109. The number of rotatable bonds is 4. The van der Waals surface area contributed by atoms with E-state index in [1.165, 1.54) is 0 Å². The number of nitrogens with one attached hydrogen (secondary N) is 1. The van der Waals surface area contributed by atoms with Crippen molar-refractivity contribution >= 4 is 5.82 Å². The van der Waals surface area contributed by atoms with E-state index in [-0.39, 0.29) is 6.10 Å². The van der Waals surface area contributed by atoms with Gasteiger partial charge in [-0.3, -0.25) is 0 Å². The second-order valence-electron chi connectivity index (χ2n) is 5.47. The Labute approximate surface area is 115 Å². The first-order valence-corrected chi connectivity index (χ1v) is 7.00. The first-order chi connectivity index (χ1) is 9.08. The molecule has 0 aliphatic carbocycles. The van der Waals surface area contributed by atoms with Gasteiger partial charge in [-0.15, -0.1) is 0 Å². The Morgan fingerprint density at radius 2 is 2.00 bits per heavy atom. The van der Waals surface area contributed by atoms with Crippen LogP contribution >= 0.6 is 0 Å². The number of piperidine rings is 1. The second kappa shape index (κ2) is 6.19. The average Bonchev–Trinajstić information content (AvgIpc) is 2.41. The minimum atomic E-state index is 0.274. The van der Waals surface area contributed by atoms with Crippen molar-refractivity contribution < 1.29 is 4.74 Å². The fourth-order valence-corrected chi connectivity index (χ4v) is 2.16. The summed E-state index contributed by atoms with van der Waals surface area (Å²) >= 11 is 0. The van der Waals surface area contributed by atoms with Gasteiger partial charge in [-0.25, -0.2) is 4.98 Å². The van der Waals surface area contributed by atoms with Crippen molar-refractivity contribution in [3.63, 3.8) is 0 Å². The quantitative estimate of drug-likeness (QED) is 0.902. The molecular weight excluding hydrogens is 240 g/mol. The zero-order valence-electron chi connectivity index (χ0n) is 12.3. The van der Waals surface area contributed by atoms with E-state index in [0.29, 0.717) is 11.8 Å². The number of anilines is 1. The zero-order valence-corrected chi connectivity index (χ0v) is 12.3. The maximum atomic E-state index is 6.02. The van der Waals surface area contributed by atoms with Gasteiger partial charge in [0.05, 0.1) is 0 Å². The molecule has 2 rings (SSSR count). The van der Waals surface area contributed by atoms with E-state index >= 15 is 0 Å². The zero-order chi connectivity index (χ0) is 13.8. The van der Waals surface area contributed by atoms with E-state index in [4.69, 9.17) is 4.74 Å². The topological polar surface area (TPSA) is 50.3 Å². The van der Waals surface area contributed by atoms with E-state index in [2.05, 4.69) is 41.1 Å². The highest BCUT2D eigenvalue weighted by molar-refractivity contribution is 5.38. The number of nitrogens with zero attached hydrogens (tertiary/aromatic N) is 3. The number of likely N-dealkylation sites (tertiary alicyclic amines) is 1. The highest BCUT2D eigenvalue weighted by Crippen LogP contribution is 2.21. The molecule has 5 nitrogen and oxygen atoms in total. The number of hydrogen-bond donors (Lipinski definition) is 1. The highest BCUT2D eigenvalue weighted by Gasteiger charge is 2.19. The van der Waals surface area contributed by atoms with Gasteiger partial charge in [-0.05, 0) is 19.9 Å². The summed E-state index contributed by atoms with van der Waals surface area (Å²) in [6.07, 6.45) is 2.40. The molecule has 19 heavy (non-hydrogen) atoms. The van der Waals surface area contributed by atoms with Gasteiger partial charge in [0.25, 0.3) is 0 Å². The van der Waals surface area contributed by atoms with Crippen molar-refractivity contribution in [2.75, 3.05) is 32.5 Å². The summed E-state index contributed by atoms with van der Waals surface area (Å²) < 4.78 is 6.02. The van der Waals surface area contributed by atoms with Crippen molar-refractivity contribution in [1.29, 1.82) is 0 Å². The molecule has 1 aromatic rings. The van der Waals surface area contributed by atoms with E-state index in [9.17, 15) is 0 Å². The maximum Gasteiger partial charge on any atom is 0.219 e. The summed E-state index contributed by atoms with van der Waals surface area (Å²) in [7, 11) is 4.02. The highest BCUT2D eigenvalue weighted by atomic mass is 16.5. The Balaban J connectivity index is 2.08. The van der Waals surface area contributed by atoms with Crippen LogP contribution in [0.2, 0.25) is 0 Å². The molecule has 0 unspecified atom stereocenters. The summed E-state index contributed by atoms with van der Waals surface area (Å²) in [4.78, 5) is 11.3. The molecule has 1 saturated heterocycles. The number of ether oxygens (including phenoxy) is 1. The Morgan fingerprint density at radius 1 is 1.32 bits per heavy atom. The largest absolute Gasteiger partial charge is 0.474 e. The SMILES string of the molecule is CNc1cc(OC2CCN(C)CC2)nc(C(C)C)n1. The van der Waals surface area contributed by atoms with Crippen molar-refractivity contribution in [1.82, 2.24) is 14.9 Å². The lowest BCUT2D eigenvalue weighted by atomic mass is 10.1. The van der Waals surface area contributed by atoms with Crippen LogP contribution in [-0.2, 0) is 0 Å². The molecule has 0 amide bonds. The van der Waals surface area contributed by atoms with Gasteiger partial charge < -0.3 is 15.0 Å². The molecule has 0 aromatic carbocycles. The maximum absolute atomic E-state index is 6.02. The van der Waals surface area contributed by atoms with Crippen LogP contribution in [0, 0.1) is 0 Å². The molecule has 0 saturated carbocycles. The lowest BCUT2D eigenvalue weighted by Crippen LogP contribution is -2.35. The van der Waals surface area contributed by atoms with Crippen LogP contribution in [0.15, 0.2) is 6.07 Å². The number of hydrogen-bond acceptors (Lipinski definition) is 5. The van der Waals surface area contributed by atoms with Gasteiger partial charge >= 0.3 is 0 Å². The minimum absolute atomic E-state index is 0.274. The summed E-state index contributed by atoms with van der Waals surface area (Å²) in [6, 6.07) is 1.88. The molecule has 106 valence electrons. The standard InChI is InChI=1S/C14H24N4O/c1-10(2)14-16-12(15-3)9-13(17-14)19-11-5-7-18(4)8-6-11/h9-11H,5-8H2,1-4H3,(H,15,16,17). The Morgan fingerprint density at radius 3 is 2.58 bits per heavy atom. The molecule has 1 N–H and O–H groups in total. The van der Waals surface area contributed by atoms with E-state index < -0.39 is 0 Å².